The van der Waals surface area contributed by atoms with Crippen molar-refractivity contribution in [1.29, 1.82) is 0 Å². The number of halogens is 8. The quantitative estimate of drug-likeness (QED) is 0.144. The van der Waals surface area contributed by atoms with Gasteiger partial charge in [-0.15, -0.1) is 0 Å². The average Bonchev–Trinajstić information content (AvgIpc) is 3.62. The first-order chi connectivity index (χ1) is 26.3. The molecule has 1 fully saturated rings. The minimum atomic E-state index is -3.86. The number of aryl methyl sites for hydroxylation is 2. The summed E-state index contributed by atoms with van der Waals surface area (Å²) in [5.74, 6) is -9.14. The molecule has 3 heterocycles. The van der Waals surface area contributed by atoms with Gasteiger partial charge in [-0.05, 0) is 66.8 Å². The summed E-state index contributed by atoms with van der Waals surface area (Å²) < 4.78 is 132. The summed E-state index contributed by atoms with van der Waals surface area (Å²) in [5.41, 5.74) is -0.585. The maximum absolute atomic E-state index is 15.7. The number of rotatable bonds is 10. The number of amidine groups is 1. The normalized spacial score (nSPS) is 18.8. The minimum absolute atomic E-state index is 0.0154. The maximum atomic E-state index is 15.7. The molecule has 3 aromatic carbocycles. The van der Waals surface area contributed by atoms with Gasteiger partial charge in [-0.2, -0.15) is 19.0 Å². The van der Waals surface area contributed by atoms with Crippen LogP contribution >= 0.6 is 11.6 Å². The van der Waals surface area contributed by atoms with E-state index < -0.39 is 81.5 Å². The number of anilines is 2. The number of aromatic nitrogens is 4. The number of fused-ring (bicyclic) bond motifs is 5. The molecule has 3 aliphatic rings. The van der Waals surface area contributed by atoms with Crippen LogP contribution in [0.4, 0.5) is 47.9 Å². The Balaban J connectivity index is 1.27. The Morgan fingerprint density at radius 1 is 1.07 bits per heavy atom. The van der Waals surface area contributed by atoms with Gasteiger partial charge in [0.05, 0.1) is 46.1 Å². The van der Waals surface area contributed by atoms with Crippen molar-refractivity contribution in [3.63, 3.8) is 0 Å². The summed E-state index contributed by atoms with van der Waals surface area (Å²) in [6.07, 6.45) is -2.60. The zero-order valence-electron chi connectivity index (χ0n) is 29.5. The molecule has 0 saturated heterocycles. The van der Waals surface area contributed by atoms with E-state index in [4.69, 9.17) is 16.6 Å². The number of sulfonamides is 1. The highest BCUT2D eigenvalue weighted by Crippen LogP contribution is 2.68. The molecular weight excluding hydrogens is 793 g/mol. The molecule has 1 unspecified atom stereocenters. The van der Waals surface area contributed by atoms with Gasteiger partial charge in [-0.3, -0.25) is 18.9 Å². The van der Waals surface area contributed by atoms with E-state index in [2.05, 4.69) is 20.2 Å². The Hall–Kier alpha value is -5.17. The fraction of sp³-hybridized carbons (Fsp3) is 0.333. The number of hydrogen-bond donors (Lipinski definition) is 2. The molecule has 2 aliphatic carbocycles. The molecule has 294 valence electrons. The van der Waals surface area contributed by atoms with Gasteiger partial charge < -0.3 is 10.2 Å². The number of carbonyl (C=O) groups is 1. The number of aliphatic imine (C=N–C) groups is 1. The van der Waals surface area contributed by atoms with Gasteiger partial charge in [0.1, 0.15) is 41.2 Å². The molecule has 5 aromatic rings. The summed E-state index contributed by atoms with van der Waals surface area (Å²) in [7, 11) is -2.36. The minimum Gasteiger partial charge on any atom is -0.344 e. The first-order valence-corrected chi connectivity index (χ1v) is 19.4. The summed E-state index contributed by atoms with van der Waals surface area (Å²) in [5, 5.41) is 11.0. The van der Waals surface area contributed by atoms with E-state index in [-0.39, 0.29) is 75.0 Å². The fourth-order valence-electron chi connectivity index (χ4n) is 7.86. The zero-order chi connectivity index (χ0) is 40.2. The molecule has 3 atom stereocenters. The monoisotopic (exact) mass is 822 g/mol. The Morgan fingerprint density at radius 3 is 2.46 bits per heavy atom. The Morgan fingerprint density at radius 2 is 1.79 bits per heavy atom. The lowest BCUT2D eigenvalue weighted by atomic mass is 9.99. The van der Waals surface area contributed by atoms with Gasteiger partial charge in [0, 0.05) is 36.6 Å². The van der Waals surface area contributed by atoms with Gasteiger partial charge in [-0.25, -0.2) is 35.4 Å². The molecule has 11 nitrogen and oxygen atoms in total. The SMILES string of the molecule is Cc1cc(F)c2c(c1)N=C(C(Cc1cc(F)cc(F)c1)NC(=O)Cn1nc(C(F)F)c3c1C(F)(F)[C@@H]1C[C@H]31)N(c1ccc(Cl)c3c(NS(C)(=O)=O)nn(C)c13)C2. The summed E-state index contributed by atoms with van der Waals surface area (Å²) in [6, 6.07) is 7.15. The molecule has 20 heteroatoms. The predicted molar refractivity (Wildman–Crippen MR) is 193 cm³/mol. The third kappa shape index (κ3) is 6.53. The fourth-order valence-corrected chi connectivity index (χ4v) is 8.59. The second-order valence-electron chi connectivity index (χ2n) is 14.2. The first-order valence-electron chi connectivity index (χ1n) is 17.1. The van der Waals surface area contributed by atoms with Crippen LogP contribution < -0.4 is 14.9 Å². The number of nitrogens with one attached hydrogen (secondary N) is 2. The molecule has 0 radical (unpaired) electrons. The Labute approximate surface area is 319 Å². The highest BCUT2D eigenvalue weighted by atomic mass is 35.5. The molecule has 2 N–H and O–H groups in total. The van der Waals surface area contributed by atoms with Crippen molar-refractivity contribution in [1.82, 2.24) is 24.9 Å². The van der Waals surface area contributed by atoms with Crippen molar-refractivity contribution in [3.8, 4) is 0 Å². The van der Waals surface area contributed by atoms with Crippen molar-refractivity contribution < 1.29 is 43.9 Å². The molecule has 2 aromatic heterocycles. The predicted octanol–water partition coefficient (Wildman–Crippen LogP) is 7.14. The van der Waals surface area contributed by atoms with E-state index >= 15 is 13.2 Å². The largest absolute Gasteiger partial charge is 0.344 e. The van der Waals surface area contributed by atoms with Crippen LogP contribution in [0.25, 0.3) is 10.9 Å². The van der Waals surface area contributed by atoms with Gasteiger partial charge in [0.25, 0.3) is 12.3 Å². The number of carbonyl (C=O) groups excluding carboxylic acids is 1. The lowest BCUT2D eigenvalue weighted by Gasteiger charge is -2.36. The molecule has 8 rings (SSSR count). The second-order valence-corrected chi connectivity index (χ2v) is 16.4. The van der Waals surface area contributed by atoms with E-state index in [0.29, 0.717) is 16.3 Å². The van der Waals surface area contributed by atoms with Crippen molar-refractivity contribution in [2.75, 3.05) is 15.9 Å². The number of nitrogens with zero attached hydrogens (tertiary/aromatic N) is 6. The highest BCUT2D eigenvalue weighted by Gasteiger charge is 2.67. The van der Waals surface area contributed by atoms with E-state index in [1.54, 1.807) is 13.0 Å². The summed E-state index contributed by atoms with van der Waals surface area (Å²) in [4.78, 5) is 20.2. The van der Waals surface area contributed by atoms with Crippen molar-refractivity contribution in [3.05, 3.63) is 98.6 Å². The topological polar surface area (TPSA) is 127 Å². The van der Waals surface area contributed by atoms with Crippen LogP contribution in [0.5, 0.6) is 0 Å². The first kappa shape index (κ1) is 37.7. The van der Waals surface area contributed by atoms with Crippen LogP contribution in [0.1, 0.15) is 52.4 Å². The summed E-state index contributed by atoms with van der Waals surface area (Å²) >= 11 is 6.58. The Kier molecular flexibility index (Phi) is 8.90. The zero-order valence-corrected chi connectivity index (χ0v) is 31.1. The highest BCUT2D eigenvalue weighted by molar-refractivity contribution is 7.92. The van der Waals surface area contributed by atoms with Crippen LogP contribution in [0.15, 0.2) is 47.5 Å². The molecule has 0 spiro atoms. The van der Waals surface area contributed by atoms with E-state index in [9.17, 15) is 30.8 Å². The lowest BCUT2D eigenvalue weighted by molar-refractivity contribution is -0.122. The van der Waals surface area contributed by atoms with E-state index in [1.807, 2.05) is 0 Å². The standard InChI is InChI=1S/C36H30ClF7N8O3S/c1-15-6-23(40)20-13-51(26-5-4-22(37)29-31(26)50(2)48-34(29)49-56(3,54)55)35(46-24(20)7-15)25(10-16-8-17(38)11-18(39)9-16)45-27(53)14-52-32-28(30(47-52)33(41)42)19-12-21(19)36(32,43)44/h4-9,11,19,21,25,33H,10,12-14H2,1-3H3,(H,45,53)(H,48,49)/t19-,21+,25?/m0/s1. The van der Waals surface area contributed by atoms with Gasteiger partial charge >= 0.3 is 0 Å². The van der Waals surface area contributed by atoms with E-state index in [1.165, 1.54) is 34.8 Å². The van der Waals surface area contributed by atoms with Crippen molar-refractivity contribution in [2.45, 2.75) is 57.2 Å². The Bertz CT molecular complexity index is 2610. The number of amides is 1. The smallest absolute Gasteiger partial charge is 0.293 e. The molecule has 1 saturated carbocycles. The van der Waals surface area contributed by atoms with Crippen LogP contribution in [0.3, 0.4) is 0 Å². The molecule has 1 amide bonds. The average molecular weight is 823 g/mol. The number of hydrogen-bond acceptors (Lipinski definition) is 7. The molecule has 1 aliphatic heterocycles. The number of alkyl halides is 4. The van der Waals surface area contributed by atoms with Crippen molar-refractivity contribution >= 4 is 61.5 Å². The third-order valence-electron chi connectivity index (χ3n) is 10.1. The van der Waals surface area contributed by atoms with E-state index in [0.717, 1.165) is 18.4 Å². The number of benzene rings is 3. The van der Waals surface area contributed by atoms with Gasteiger partial charge in [0.2, 0.25) is 15.9 Å². The van der Waals surface area contributed by atoms with Gasteiger partial charge in [-0.1, -0.05) is 11.6 Å². The second kappa shape index (κ2) is 13.2. The maximum Gasteiger partial charge on any atom is 0.293 e. The molecule has 56 heavy (non-hydrogen) atoms. The van der Waals surface area contributed by atoms with Crippen LogP contribution in [-0.2, 0) is 47.3 Å². The van der Waals surface area contributed by atoms with Crippen LogP contribution in [-0.4, -0.2) is 52.0 Å². The lowest BCUT2D eigenvalue weighted by Crippen LogP contribution is -2.51. The van der Waals surface area contributed by atoms with Crippen LogP contribution in [0.2, 0.25) is 5.02 Å². The third-order valence-corrected chi connectivity index (χ3v) is 11.0. The van der Waals surface area contributed by atoms with Crippen molar-refractivity contribution in [2.24, 2.45) is 18.0 Å². The summed E-state index contributed by atoms with van der Waals surface area (Å²) in [6.45, 7) is 0.452. The molecular formula is C36H30ClF7N8O3S. The van der Waals surface area contributed by atoms with Gasteiger partial charge in [0.15, 0.2) is 5.82 Å². The van der Waals surface area contributed by atoms with Crippen LogP contribution in [0, 0.1) is 30.3 Å². The molecule has 0 bridgehead atoms.